The van der Waals surface area contributed by atoms with E-state index in [1.165, 1.54) is 12.1 Å². The van der Waals surface area contributed by atoms with Gasteiger partial charge in [0.05, 0.1) is 17.9 Å². The fourth-order valence-electron chi connectivity index (χ4n) is 1.74. The molecule has 0 heterocycles. The van der Waals surface area contributed by atoms with Gasteiger partial charge in [0.15, 0.2) is 0 Å². The molecule has 1 aromatic rings. The summed E-state index contributed by atoms with van der Waals surface area (Å²) in [6.45, 7) is -0.00600. The summed E-state index contributed by atoms with van der Waals surface area (Å²) < 4.78 is 65.5. The Labute approximate surface area is 132 Å². The summed E-state index contributed by atoms with van der Waals surface area (Å²) in [5.74, 6) is -0.926. The molecule has 5 nitrogen and oxygen atoms in total. The molecule has 0 fully saturated rings. The zero-order valence-corrected chi connectivity index (χ0v) is 13.3. The molecule has 23 heavy (non-hydrogen) atoms. The van der Waals surface area contributed by atoms with Gasteiger partial charge in [-0.2, -0.15) is 13.2 Å². The SMILES string of the molecule is CCCc1ccc(S(=O)(=O)NC(=O)CCOCC(F)(F)F)cc1. The van der Waals surface area contributed by atoms with Crippen molar-refractivity contribution in [2.75, 3.05) is 13.2 Å². The monoisotopic (exact) mass is 353 g/mol. The van der Waals surface area contributed by atoms with Crippen LogP contribution in [0.15, 0.2) is 29.2 Å². The molecular weight excluding hydrogens is 335 g/mol. The standard InChI is InChI=1S/C14H18F3NO4S/c1-2-3-11-4-6-12(7-5-11)23(20,21)18-13(19)8-9-22-10-14(15,16)17/h4-7H,2-3,8-10H2,1H3,(H,18,19). The van der Waals surface area contributed by atoms with Gasteiger partial charge >= 0.3 is 6.18 Å². The lowest BCUT2D eigenvalue weighted by atomic mass is 10.1. The molecule has 0 saturated carbocycles. The maximum absolute atomic E-state index is 12.0. The largest absolute Gasteiger partial charge is 0.411 e. The summed E-state index contributed by atoms with van der Waals surface area (Å²) in [6, 6.07) is 6.05. The van der Waals surface area contributed by atoms with Crippen molar-refractivity contribution in [3.05, 3.63) is 29.8 Å². The minimum Gasteiger partial charge on any atom is -0.372 e. The van der Waals surface area contributed by atoms with E-state index in [1.807, 2.05) is 6.92 Å². The van der Waals surface area contributed by atoms with E-state index in [1.54, 1.807) is 16.9 Å². The topological polar surface area (TPSA) is 72.5 Å². The molecule has 0 aliphatic rings. The maximum Gasteiger partial charge on any atom is 0.411 e. The van der Waals surface area contributed by atoms with Gasteiger partial charge in [0, 0.05) is 0 Å². The highest BCUT2D eigenvalue weighted by Crippen LogP contribution is 2.14. The number of aryl methyl sites for hydroxylation is 1. The summed E-state index contributed by atoms with van der Waals surface area (Å²) in [4.78, 5) is 11.4. The van der Waals surface area contributed by atoms with E-state index in [2.05, 4.69) is 4.74 Å². The first-order valence-corrected chi connectivity index (χ1v) is 8.41. The Kier molecular flexibility index (Phi) is 7.01. The number of hydrogen-bond donors (Lipinski definition) is 1. The number of carbonyl (C=O) groups excluding carboxylic acids is 1. The molecule has 9 heteroatoms. The van der Waals surface area contributed by atoms with Crippen LogP contribution < -0.4 is 4.72 Å². The Hall–Kier alpha value is -1.61. The highest BCUT2D eigenvalue weighted by atomic mass is 32.2. The number of carbonyl (C=O) groups is 1. The highest BCUT2D eigenvalue weighted by molar-refractivity contribution is 7.90. The summed E-state index contributed by atoms with van der Waals surface area (Å²) in [5.41, 5.74) is 0.971. The Morgan fingerprint density at radius 3 is 2.35 bits per heavy atom. The van der Waals surface area contributed by atoms with Crippen molar-refractivity contribution in [3.8, 4) is 0 Å². The van der Waals surface area contributed by atoms with Crippen LogP contribution in [-0.2, 0) is 26.0 Å². The molecule has 0 aliphatic carbocycles. The van der Waals surface area contributed by atoms with Gasteiger partial charge in [-0.05, 0) is 24.1 Å². The number of sulfonamides is 1. The average molecular weight is 353 g/mol. The van der Waals surface area contributed by atoms with Gasteiger partial charge in [-0.3, -0.25) is 4.79 Å². The van der Waals surface area contributed by atoms with Crippen LogP contribution in [0.5, 0.6) is 0 Å². The van der Waals surface area contributed by atoms with Crippen molar-refractivity contribution in [2.45, 2.75) is 37.3 Å². The maximum atomic E-state index is 12.0. The summed E-state index contributed by atoms with van der Waals surface area (Å²) in [5, 5.41) is 0. The van der Waals surface area contributed by atoms with Crippen molar-refractivity contribution in [2.24, 2.45) is 0 Å². The minimum atomic E-state index is -4.48. The Morgan fingerprint density at radius 1 is 1.22 bits per heavy atom. The fourth-order valence-corrected chi connectivity index (χ4v) is 2.75. The molecule has 0 atom stereocenters. The third kappa shape index (κ3) is 7.47. The Morgan fingerprint density at radius 2 is 1.83 bits per heavy atom. The molecular formula is C14H18F3NO4S. The fraction of sp³-hybridized carbons (Fsp3) is 0.500. The lowest BCUT2D eigenvalue weighted by molar-refractivity contribution is -0.174. The molecule has 130 valence electrons. The van der Waals surface area contributed by atoms with Gasteiger partial charge in [0.2, 0.25) is 5.91 Å². The molecule has 1 aromatic carbocycles. The molecule has 0 unspecified atom stereocenters. The molecule has 1 amide bonds. The second kappa shape index (κ2) is 8.30. The first kappa shape index (κ1) is 19.4. The molecule has 0 saturated heterocycles. The van der Waals surface area contributed by atoms with Crippen LogP contribution in [0, 0.1) is 0 Å². The predicted molar refractivity (Wildman–Crippen MR) is 77.3 cm³/mol. The molecule has 1 rings (SSSR count). The Balaban J connectivity index is 2.52. The van der Waals surface area contributed by atoms with Crippen LogP contribution in [0.3, 0.4) is 0 Å². The zero-order valence-electron chi connectivity index (χ0n) is 12.5. The number of rotatable bonds is 8. The van der Waals surface area contributed by atoms with E-state index < -0.39 is 41.7 Å². The van der Waals surface area contributed by atoms with Gasteiger partial charge in [0.1, 0.15) is 6.61 Å². The lowest BCUT2D eigenvalue weighted by Crippen LogP contribution is -2.31. The summed E-state index contributed by atoms with van der Waals surface area (Å²) in [6.07, 6.45) is -3.24. The van der Waals surface area contributed by atoms with E-state index in [4.69, 9.17) is 0 Å². The third-order valence-corrected chi connectivity index (χ3v) is 4.15. The first-order chi connectivity index (χ1) is 10.6. The highest BCUT2D eigenvalue weighted by Gasteiger charge is 2.27. The number of nitrogens with one attached hydrogen (secondary N) is 1. The molecule has 0 bridgehead atoms. The number of hydrogen-bond acceptors (Lipinski definition) is 4. The number of amides is 1. The van der Waals surface area contributed by atoms with E-state index in [9.17, 15) is 26.4 Å². The van der Waals surface area contributed by atoms with Crippen LogP contribution in [0.2, 0.25) is 0 Å². The first-order valence-electron chi connectivity index (χ1n) is 6.93. The van der Waals surface area contributed by atoms with Crippen molar-refractivity contribution in [1.29, 1.82) is 0 Å². The van der Waals surface area contributed by atoms with Gasteiger partial charge in [-0.15, -0.1) is 0 Å². The van der Waals surface area contributed by atoms with Crippen molar-refractivity contribution in [1.82, 2.24) is 4.72 Å². The summed E-state index contributed by atoms with van der Waals surface area (Å²) >= 11 is 0. The Bertz CT molecular complexity index is 612. The van der Waals surface area contributed by atoms with E-state index in [0.29, 0.717) is 0 Å². The van der Waals surface area contributed by atoms with Crippen molar-refractivity contribution < 1.29 is 31.1 Å². The van der Waals surface area contributed by atoms with Crippen LogP contribution in [0.4, 0.5) is 13.2 Å². The minimum absolute atomic E-state index is 0.0816. The van der Waals surface area contributed by atoms with Gasteiger partial charge in [-0.25, -0.2) is 13.1 Å². The molecule has 0 aliphatic heterocycles. The zero-order chi connectivity index (χ0) is 17.5. The van der Waals surface area contributed by atoms with Crippen LogP contribution in [0.1, 0.15) is 25.3 Å². The number of alkyl halides is 3. The van der Waals surface area contributed by atoms with Crippen LogP contribution in [0.25, 0.3) is 0 Å². The van der Waals surface area contributed by atoms with Gasteiger partial charge < -0.3 is 4.74 Å². The molecule has 0 aromatic heterocycles. The lowest BCUT2D eigenvalue weighted by Gasteiger charge is -2.09. The third-order valence-electron chi connectivity index (χ3n) is 2.76. The molecule has 0 spiro atoms. The summed E-state index contributed by atoms with van der Waals surface area (Å²) in [7, 11) is -4.03. The second-order valence-corrected chi connectivity index (χ2v) is 6.52. The van der Waals surface area contributed by atoms with Gasteiger partial charge in [0.25, 0.3) is 10.0 Å². The van der Waals surface area contributed by atoms with Crippen molar-refractivity contribution >= 4 is 15.9 Å². The molecule has 1 N–H and O–H groups in total. The number of ether oxygens (including phenoxy) is 1. The van der Waals surface area contributed by atoms with Crippen LogP contribution in [-0.4, -0.2) is 33.7 Å². The second-order valence-electron chi connectivity index (χ2n) is 4.84. The van der Waals surface area contributed by atoms with E-state index >= 15 is 0 Å². The number of benzene rings is 1. The predicted octanol–water partition coefficient (Wildman–Crippen LogP) is 2.41. The van der Waals surface area contributed by atoms with E-state index in [-0.39, 0.29) is 4.90 Å². The van der Waals surface area contributed by atoms with Gasteiger partial charge in [-0.1, -0.05) is 25.5 Å². The van der Waals surface area contributed by atoms with Crippen LogP contribution >= 0.6 is 0 Å². The normalized spacial score (nSPS) is 12.2. The average Bonchev–Trinajstić information content (AvgIpc) is 2.43. The van der Waals surface area contributed by atoms with Crippen molar-refractivity contribution in [3.63, 3.8) is 0 Å². The van der Waals surface area contributed by atoms with E-state index in [0.717, 1.165) is 18.4 Å². The quantitative estimate of drug-likeness (QED) is 0.729. The number of halogens is 3. The smallest absolute Gasteiger partial charge is 0.372 e. The molecule has 0 radical (unpaired) electrons.